The average Bonchev–Trinajstić information content (AvgIpc) is 3.96. The van der Waals surface area contributed by atoms with Crippen LogP contribution in [0.2, 0.25) is 0 Å². The fraction of sp³-hybridized carbons (Fsp3) is 0.0845. The van der Waals surface area contributed by atoms with Crippen molar-refractivity contribution in [3.8, 4) is 27.9 Å². The van der Waals surface area contributed by atoms with E-state index in [1.165, 1.54) is 113 Å². The zero-order valence-electron chi connectivity index (χ0n) is 43.2. The summed E-state index contributed by atoms with van der Waals surface area (Å²) in [5.41, 5.74) is 17.9. The van der Waals surface area contributed by atoms with Crippen LogP contribution in [-0.2, 0) is 0 Å². The van der Waals surface area contributed by atoms with E-state index in [1.54, 1.807) is 0 Å². The highest BCUT2D eigenvalue weighted by atomic mass is 32.2. The second-order valence-corrected chi connectivity index (χ2v) is 23.3. The van der Waals surface area contributed by atoms with Crippen molar-refractivity contribution in [2.75, 3.05) is 9.80 Å². The van der Waals surface area contributed by atoms with E-state index < -0.39 is 0 Å². The van der Waals surface area contributed by atoms with Gasteiger partial charge in [0.2, 0.25) is 0 Å². The first-order chi connectivity index (χ1) is 37.8. The molecule has 0 atom stereocenters. The third-order valence-corrected chi connectivity index (χ3v) is 18.2. The number of pyridine rings is 1. The fourth-order valence-electron chi connectivity index (χ4n) is 12.0. The van der Waals surface area contributed by atoms with Crippen LogP contribution < -0.4 is 9.80 Å². The van der Waals surface area contributed by atoms with Gasteiger partial charge in [0, 0.05) is 47.9 Å². The first-order valence-electron chi connectivity index (χ1n) is 26.7. The fourth-order valence-corrected chi connectivity index (χ4v) is 14.3. The number of fused-ring (bicyclic) bond motifs is 13. The number of hydrogen-bond acceptors (Lipinski definition) is 5. The van der Waals surface area contributed by atoms with Gasteiger partial charge in [-0.1, -0.05) is 179 Å². The number of para-hydroxylation sites is 2. The molecule has 15 rings (SSSR count). The van der Waals surface area contributed by atoms with Gasteiger partial charge in [-0.3, -0.25) is 4.98 Å². The molecule has 0 saturated carbocycles. The lowest BCUT2D eigenvalue weighted by atomic mass is 9.93. The Morgan fingerprint density at radius 2 is 0.818 bits per heavy atom. The summed E-state index contributed by atoms with van der Waals surface area (Å²) < 4.78 is 2.37. The molecule has 0 bridgehead atoms. The predicted octanol–water partition coefficient (Wildman–Crippen LogP) is 21.1. The quantitative estimate of drug-likeness (QED) is 0.148. The molecule has 6 heteroatoms. The molecule has 0 spiro atoms. The Hall–Kier alpha value is -8.55. The second-order valence-electron chi connectivity index (χ2n) is 21.2. The third kappa shape index (κ3) is 7.49. The highest BCUT2D eigenvalue weighted by Gasteiger charge is 2.30. The predicted molar refractivity (Wildman–Crippen MR) is 328 cm³/mol. The smallest absolute Gasteiger partial charge is 0.0645 e. The minimum Gasteiger partial charge on any atom is -0.308 e. The van der Waals surface area contributed by atoms with Gasteiger partial charge in [-0.15, -0.1) is 0 Å². The van der Waals surface area contributed by atoms with Gasteiger partial charge in [-0.2, -0.15) is 0 Å². The Kier molecular flexibility index (Phi) is 10.7. The lowest BCUT2D eigenvalue weighted by Gasteiger charge is -2.34. The Labute approximate surface area is 457 Å². The van der Waals surface area contributed by atoms with E-state index in [4.69, 9.17) is 0 Å². The summed E-state index contributed by atoms with van der Waals surface area (Å²) >= 11 is 3.73. The Balaban J connectivity index is 0.898. The molecule has 11 aromatic carbocycles. The molecule has 4 nitrogen and oxygen atoms in total. The molecule has 13 aromatic rings. The number of rotatable bonds is 7. The summed E-state index contributed by atoms with van der Waals surface area (Å²) in [6.45, 7) is 9.02. The molecule has 368 valence electrons. The molecule has 0 aliphatic carbocycles. The summed E-state index contributed by atoms with van der Waals surface area (Å²) in [6.07, 6.45) is 3.82. The van der Waals surface area contributed by atoms with Crippen LogP contribution >= 0.6 is 23.5 Å². The van der Waals surface area contributed by atoms with Crippen LogP contribution in [0.15, 0.2) is 250 Å². The second kappa shape index (κ2) is 18.1. The highest BCUT2D eigenvalue weighted by Crippen LogP contribution is 2.56. The maximum atomic E-state index is 4.58. The molecule has 2 aliphatic rings. The molecular formula is C71H52N4S2. The van der Waals surface area contributed by atoms with Crippen LogP contribution in [0.1, 0.15) is 50.7 Å². The summed E-state index contributed by atoms with van der Waals surface area (Å²) in [5.74, 6) is 0.977. The summed E-state index contributed by atoms with van der Waals surface area (Å²) in [7, 11) is 0. The standard InChI is InChI=1S/C71H52N4S2/c1-43(2)45-19-23-47(24-20-45)49-27-33-64-69(36-49)76-68-18-10-9-17-63(68)73(64)51-29-31-56-57-32-30-52(39-60(57)55-14-6-5-13-54(55)59(56)38-51)74-65-34-28-50(48-25-21-46(22-26-48)44(3)4)37-70(65)77-71-40-61-58-15-7-8-16-62(58)75(66(61)41-67(71)74)53-12-11-35-72-42-53/h5-44H,1-4H3. The monoisotopic (exact) mass is 1020 g/mol. The van der Waals surface area contributed by atoms with Crippen molar-refractivity contribution in [2.45, 2.75) is 59.1 Å². The summed E-state index contributed by atoms with van der Waals surface area (Å²) in [4.78, 5) is 14.5. The molecule has 0 radical (unpaired) electrons. The third-order valence-electron chi connectivity index (χ3n) is 16.0. The number of aromatic nitrogens is 2. The zero-order valence-corrected chi connectivity index (χ0v) is 44.8. The molecular weight excluding hydrogens is 973 g/mol. The number of nitrogens with zero attached hydrogens (tertiary/aromatic N) is 4. The van der Waals surface area contributed by atoms with E-state index in [0.717, 1.165) is 33.8 Å². The van der Waals surface area contributed by atoms with Gasteiger partial charge in [-0.25, -0.2) is 0 Å². The molecule has 0 amide bonds. The van der Waals surface area contributed by atoms with E-state index in [2.05, 4.69) is 259 Å². The molecule has 0 N–H and O–H groups in total. The van der Waals surface area contributed by atoms with Crippen LogP contribution in [0, 0.1) is 0 Å². The minimum absolute atomic E-state index is 0.479. The number of hydrogen-bond donors (Lipinski definition) is 0. The van der Waals surface area contributed by atoms with Gasteiger partial charge in [0.1, 0.15) is 0 Å². The van der Waals surface area contributed by atoms with Crippen molar-refractivity contribution < 1.29 is 0 Å². The van der Waals surface area contributed by atoms with Crippen molar-refractivity contribution in [1.29, 1.82) is 0 Å². The SMILES string of the molecule is CC(C)c1ccc(-c2ccc3c(c2)Sc2ccccc2N3c2ccc3c4ccc(N5c6ccc(-c7ccc(C(C)C)cc7)cc6Sc6cc7c8ccccc8n(-c8cccnc8)c7cc65)cc4c4ccccc4c3c2)cc1. The van der Waals surface area contributed by atoms with Crippen molar-refractivity contribution in [2.24, 2.45) is 0 Å². The largest absolute Gasteiger partial charge is 0.308 e. The molecule has 0 unspecified atom stereocenters. The molecule has 0 saturated heterocycles. The lowest BCUT2D eigenvalue weighted by Crippen LogP contribution is -2.15. The molecule has 77 heavy (non-hydrogen) atoms. The summed E-state index contributed by atoms with van der Waals surface area (Å²) in [6, 6.07) is 82.1. The van der Waals surface area contributed by atoms with Gasteiger partial charge >= 0.3 is 0 Å². The Morgan fingerprint density at radius 3 is 1.40 bits per heavy atom. The van der Waals surface area contributed by atoms with Gasteiger partial charge < -0.3 is 14.4 Å². The van der Waals surface area contributed by atoms with Gasteiger partial charge in [0.05, 0.1) is 45.7 Å². The van der Waals surface area contributed by atoms with Crippen LogP contribution in [0.5, 0.6) is 0 Å². The summed E-state index contributed by atoms with van der Waals surface area (Å²) in [5, 5.41) is 9.85. The van der Waals surface area contributed by atoms with Crippen LogP contribution in [0.3, 0.4) is 0 Å². The highest BCUT2D eigenvalue weighted by molar-refractivity contribution is 8.00. The molecule has 2 aliphatic heterocycles. The van der Waals surface area contributed by atoms with Crippen LogP contribution in [0.4, 0.5) is 34.1 Å². The topological polar surface area (TPSA) is 24.3 Å². The zero-order chi connectivity index (χ0) is 51.5. The molecule has 2 aromatic heterocycles. The molecule has 4 heterocycles. The maximum absolute atomic E-state index is 4.58. The van der Waals surface area contributed by atoms with Gasteiger partial charge in [0.25, 0.3) is 0 Å². The average molecular weight is 1030 g/mol. The van der Waals surface area contributed by atoms with E-state index in [0.29, 0.717) is 11.8 Å². The normalized spacial score (nSPS) is 13.0. The van der Waals surface area contributed by atoms with Crippen molar-refractivity contribution >= 4 is 112 Å². The number of anilines is 6. The van der Waals surface area contributed by atoms with Gasteiger partial charge in [-0.05, 0) is 169 Å². The first-order valence-corrected chi connectivity index (χ1v) is 28.3. The number of benzene rings is 11. The van der Waals surface area contributed by atoms with E-state index >= 15 is 0 Å². The minimum atomic E-state index is 0.479. The Bertz CT molecular complexity index is 4500. The van der Waals surface area contributed by atoms with Crippen molar-refractivity contribution in [3.63, 3.8) is 0 Å². The van der Waals surface area contributed by atoms with Crippen molar-refractivity contribution in [3.05, 3.63) is 242 Å². The Morgan fingerprint density at radius 1 is 0.325 bits per heavy atom. The van der Waals surface area contributed by atoms with E-state index in [1.807, 2.05) is 42.0 Å². The first kappa shape index (κ1) is 45.8. The molecule has 0 fully saturated rings. The van der Waals surface area contributed by atoms with Gasteiger partial charge in [0.15, 0.2) is 0 Å². The van der Waals surface area contributed by atoms with Crippen LogP contribution in [0.25, 0.3) is 82.1 Å². The van der Waals surface area contributed by atoms with Crippen LogP contribution in [-0.4, -0.2) is 9.55 Å². The lowest BCUT2D eigenvalue weighted by molar-refractivity contribution is 0.867. The maximum Gasteiger partial charge on any atom is 0.0645 e. The van der Waals surface area contributed by atoms with Crippen molar-refractivity contribution in [1.82, 2.24) is 9.55 Å². The van der Waals surface area contributed by atoms with E-state index in [-0.39, 0.29) is 0 Å². The van der Waals surface area contributed by atoms with E-state index in [9.17, 15) is 0 Å².